The SMILES string of the molecule is COc1cc([C@H]2/C(=C(\O)c3cccc([N+](=O)[O-])c3)C(=O)C(=O)N2CCOCCO)ccc1O. The molecule has 0 saturated carbocycles. The van der Waals surface area contributed by atoms with Crippen LogP contribution in [0.25, 0.3) is 5.76 Å². The number of benzene rings is 2. The number of amides is 1. The minimum absolute atomic E-state index is 0.00512. The summed E-state index contributed by atoms with van der Waals surface area (Å²) in [5, 5.41) is 40.9. The van der Waals surface area contributed by atoms with Gasteiger partial charge in [0.05, 0.1) is 43.5 Å². The summed E-state index contributed by atoms with van der Waals surface area (Å²) in [5.41, 5.74) is -0.212. The first-order valence-electron chi connectivity index (χ1n) is 9.88. The maximum atomic E-state index is 12.9. The molecule has 0 radical (unpaired) electrons. The number of aliphatic hydroxyl groups excluding tert-OH is 2. The van der Waals surface area contributed by atoms with Gasteiger partial charge >= 0.3 is 0 Å². The lowest BCUT2D eigenvalue weighted by molar-refractivity contribution is -0.384. The highest BCUT2D eigenvalue weighted by Crippen LogP contribution is 2.41. The highest BCUT2D eigenvalue weighted by molar-refractivity contribution is 6.46. The third kappa shape index (κ3) is 4.78. The second-order valence-corrected chi connectivity index (χ2v) is 7.07. The Kier molecular flexibility index (Phi) is 7.26. The van der Waals surface area contributed by atoms with E-state index in [0.717, 1.165) is 6.07 Å². The number of hydrogen-bond donors (Lipinski definition) is 3. The van der Waals surface area contributed by atoms with Crippen molar-refractivity contribution in [2.24, 2.45) is 0 Å². The van der Waals surface area contributed by atoms with Gasteiger partial charge in [-0.2, -0.15) is 0 Å². The molecule has 11 nitrogen and oxygen atoms in total. The maximum absolute atomic E-state index is 12.9. The van der Waals surface area contributed by atoms with Gasteiger partial charge in [0, 0.05) is 24.2 Å². The summed E-state index contributed by atoms with van der Waals surface area (Å²) in [4.78, 5) is 37.5. The predicted molar refractivity (Wildman–Crippen MR) is 115 cm³/mol. The zero-order chi connectivity index (χ0) is 24.1. The zero-order valence-electron chi connectivity index (χ0n) is 17.6. The van der Waals surface area contributed by atoms with Gasteiger partial charge < -0.3 is 29.7 Å². The molecule has 1 saturated heterocycles. The monoisotopic (exact) mass is 458 g/mol. The fraction of sp³-hybridized carbons (Fsp3) is 0.273. The molecule has 1 heterocycles. The van der Waals surface area contributed by atoms with E-state index in [-0.39, 0.29) is 54.7 Å². The zero-order valence-corrected chi connectivity index (χ0v) is 17.6. The highest BCUT2D eigenvalue weighted by Gasteiger charge is 2.46. The fourth-order valence-corrected chi connectivity index (χ4v) is 3.57. The molecule has 3 N–H and O–H groups in total. The van der Waals surface area contributed by atoms with Crippen LogP contribution in [0.1, 0.15) is 17.2 Å². The topological polar surface area (TPSA) is 160 Å². The molecule has 11 heteroatoms. The molecule has 1 fully saturated rings. The van der Waals surface area contributed by atoms with Crippen LogP contribution in [0.5, 0.6) is 11.5 Å². The largest absolute Gasteiger partial charge is 0.507 e. The lowest BCUT2D eigenvalue weighted by Crippen LogP contribution is -2.33. The molecule has 174 valence electrons. The van der Waals surface area contributed by atoms with Crippen molar-refractivity contribution in [3.05, 3.63) is 69.3 Å². The van der Waals surface area contributed by atoms with Gasteiger partial charge in [0.2, 0.25) is 0 Å². The number of ketones is 1. The molecule has 2 aromatic rings. The number of ether oxygens (including phenoxy) is 2. The summed E-state index contributed by atoms with van der Waals surface area (Å²) in [5.74, 6) is -2.52. The number of Topliss-reactive ketones (excluding diaryl/α,β-unsaturated/α-hetero) is 1. The normalized spacial score (nSPS) is 17.4. The Bertz CT molecular complexity index is 1110. The number of hydrogen-bond acceptors (Lipinski definition) is 9. The second-order valence-electron chi connectivity index (χ2n) is 7.07. The number of carbonyl (C=O) groups is 2. The Hall–Kier alpha value is -3.96. The molecule has 1 aliphatic heterocycles. The van der Waals surface area contributed by atoms with Crippen LogP contribution in [0.15, 0.2) is 48.0 Å². The van der Waals surface area contributed by atoms with E-state index in [1.54, 1.807) is 0 Å². The lowest BCUT2D eigenvalue weighted by atomic mass is 9.95. The Morgan fingerprint density at radius 3 is 2.61 bits per heavy atom. The summed E-state index contributed by atoms with van der Waals surface area (Å²) < 4.78 is 10.4. The number of non-ortho nitro benzene ring substituents is 1. The van der Waals surface area contributed by atoms with Crippen LogP contribution in [0, 0.1) is 10.1 Å². The van der Waals surface area contributed by atoms with Crippen LogP contribution < -0.4 is 4.74 Å². The number of nitrogens with zero attached hydrogens (tertiary/aromatic N) is 2. The molecule has 1 atom stereocenters. The minimum atomic E-state index is -1.07. The van der Waals surface area contributed by atoms with Gasteiger partial charge in [-0.15, -0.1) is 0 Å². The van der Waals surface area contributed by atoms with Gasteiger partial charge in [0.1, 0.15) is 5.76 Å². The van der Waals surface area contributed by atoms with E-state index in [1.807, 2.05) is 0 Å². The van der Waals surface area contributed by atoms with Crippen molar-refractivity contribution in [3.63, 3.8) is 0 Å². The van der Waals surface area contributed by atoms with Gasteiger partial charge in [0.25, 0.3) is 17.4 Å². The first kappa shape index (κ1) is 23.7. The summed E-state index contributed by atoms with van der Waals surface area (Å²) >= 11 is 0. The Labute approximate surface area is 188 Å². The van der Waals surface area contributed by atoms with E-state index in [1.165, 1.54) is 48.4 Å². The van der Waals surface area contributed by atoms with E-state index in [2.05, 4.69) is 0 Å². The molecule has 1 aliphatic rings. The number of methoxy groups -OCH3 is 1. The van der Waals surface area contributed by atoms with Gasteiger partial charge in [-0.05, 0) is 17.7 Å². The van der Waals surface area contributed by atoms with Crippen LogP contribution in [-0.2, 0) is 14.3 Å². The number of aliphatic hydroxyl groups is 2. The molecular weight excluding hydrogens is 436 g/mol. The molecular formula is C22H22N2O9. The standard InChI is InChI=1S/C22H22N2O9/c1-32-17-12-13(5-6-16(17)26)19-18(20(27)14-3-2-4-15(11-14)24(30)31)21(28)22(29)23(19)7-9-33-10-8-25/h2-6,11-12,19,25-27H,7-10H2,1H3/b20-18+/t19-/m0/s1. The van der Waals surface area contributed by atoms with E-state index in [4.69, 9.17) is 14.6 Å². The number of phenols is 1. The highest BCUT2D eigenvalue weighted by atomic mass is 16.6. The molecule has 0 bridgehead atoms. The van der Waals surface area contributed by atoms with Crippen molar-refractivity contribution in [1.82, 2.24) is 4.90 Å². The Morgan fingerprint density at radius 1 is 1.18 bits per heavy atom. The van der Waals surface area contributed by atoms with Crippen molar-refractivity contribution in [1.29, 1.82) is 0 Å². The second kappa shape index (κ2) is 10.1. The van der Waals surface area contributed by atoms with Crippen LogP contribution >= 0.6 is 0 Å². The molecule has 0 aromatic heterocycles. The van der Waals surface area contributed by atoms with E-state index < -0.39 is 28.4 Å². The number of aromatic hydroxyl groups is 1. The van der Waals surface area contributed by atoms with Crippen molar-refractivity contribution < 1.29 is 39.3 Å². The average Bonchev–Trinajstić information content (AvgIpc) is 3.06. The molecule has 0 unspecified atom stereocenters. The van der Waals surface area contributed by atoms with Gasteiger partial charge in [-0.3, -0.25) is 19.7 Å². The Morgan fingerprint density at radius 2 is 1.94 bits per heavy atom. The fourth-order valence-electron chi connectivity index (χ4n) is 3.57. The number of likely N-dealkylation sites (tertiary alicyclic amines) is 1. The first-order valence-corrected chi connectivity index (χ1v) is 9.88. The minimum Gasteiger partial charge on any atom is -0.507 e. The summed E-state index contributed by atoms with van der Waals surface area (Å²) in [6.07, 6.45) is 0. The van der Waals surface area contributed by atoms with Crippen LogP contribution in [-0.4, -0.2) is 70.3 Å². The third-order valence-electron chi connectivity index (χ3n) is 5.10. The van der Waals surface area contributed by atoms with Crippen LogP contribution in [0.2, 0.25) is 0 Å². The lowest BCUT2D eigenvalue weighted by Gasteiger charge is -2.25. The van der Waals surface area contributed by atoms with Crippen molar-refractivity contribution in [3.8, 4) is 11.5 Å². The number of phenolic OH excluding ortho intramolecular Hbond substituents is 1. The van der Waals surface area contributed by atoms with E-state index >= 15 is 0 Å². The molecule has 0 aliphatic carbocycles. The number of nitro groups is 1. The number of nitro benzene ring substituents is 1. The van der Waals surface area contributed by atoms with Gasteiger partial charge in [-0.1, -0.05) is 18.2 Å². The maximum Gasteiger partial charge on any atom is 0.295 e. The van der Waals surface area contributed by atoms with Gasteiger partial charge in [-0.25, -0.2) is 0 Å². The number of carbonyl (C=O) groups excluding carboxylic acids is 2. The van der Waals surface area contributed by atoms with Crippen LogP contribution in [0.3, 0.4) is 0 Å². The van der Waals surface area contributed by atoms with Gasteiger partial charge in [0.15, 0.2) is 11.5 Å². The first-order chi connectivity index (χ1) is 15.8. The summed E-state index contributed by atoms with van der Waals surface area (Å²) in [7, 11) is 1.33. The quantitative estimate of drug-likeness (QED) is 0.127. The predicted octanol–water partition coefficient (Wildman–Crippen LogP) is 1.74. The van der Waals surface area contributed by atoms with E-state index in [0.29, 0.717) is 5.56 Å². The van der Waals surface area contributed by atoms with Crippen LogP contribution in [0.4, 0.5) is 5.69 Å². The molecule has 3 rings (SSSR count). The molecule has 0 spiro atoms. The molecule has 33 heavy (non-hydrogen) atoms. The summed E-state index contributed by atoms with van der Waals surface area (Å²) in [6.45, 7) is -0.209. The number of rotatable bonds is 9. The smallest absolute Gasteiger partial charge is 0.295 e. The van der Waals surface area contributed by atoms with Crippen molar-refractivity contribution in [2.75, 3.05) is 33.5 Å². The van der Waals surface area contributed by atoms with E-state index in [9.17, 15) is 29.9 Å². The van der Waals surface area contributed by atoms with Crippen molar-refractivity contribution in [2.45, 2.75) is 6.04 Å². The third-order valence-corrected chi connectivity index (χ3v) is 5.10. The summed E-state index contributed by atoms with van der Waals surface area (Å²) in [6, 6.07) is 8.21. The van der Waals surface area contributed by atoms with Crippen molar-refractivity contribution >= 4 is 23.1 Å². The Balaban J connectivity index is 2.14. The average molecular weight is 458 g/mol. The molecule has 1 amide bonds. The molecule has 2 aromatic carbocycles.